The molecule has 1 aliphatic rings. The number of nitrogens with zero attached hydrogens (tertiary/aromatic N) is 2. The van der Waals surface area contributed by atoms with E-state index in [-0.39, 0.29) is 5.91 Å². The van der Waals surface area contributed by atoms with Crippen LogP contribution < -0.4 is 5.32 Å². The van der Waals surface area contributed by atoms with Crippen molar-refractivity contribution in [3.05, 3.63) is 59.7 Å². The van der Waals surface area contributed by atoms with Crippen LogP contribution in [0.15, 0.2) is 42.9 Å². The van der Waals surface area contributed by atoms with Crippen LogP contribution in [0.25, 0.3) is 0 Å². The Hall–Kier alpha value is -2.23. The Morgan fingerprint density at radius 3 is 3.05 bits per heavy atom. The molecule has 4 nitrogen and oxygen atoms in total. The quantitative estimate of drug-likeness (QED) is 0.928. The lowest BCUT2D eigenvalue weighted by Gasteiger charge is -2.25. The van der Waals surface area contributed by atoms with Crippen LogP contribution >= 0.6 is 0 Å². The van der Waals surface area contributed by atoms with Crippen LogP contribution in [-0.2, 0) is 6.42 Å². The standard InChI is InChI=1S/C16H17N3O/c20-16(15-11-17-8-9-18-15)19-10-13-6-3-5-12-4-1-2-7-14(12)13/h1-2,4,7-9,11,13H,3,5-6,10H2,(H,19,20). The maximum atomic E-state index is 12.0. The van der Waals surface area contributed by atoms with E-state index < -0.39 is 0 Å². The van der Waals surface area contributed by atoms with Crippen molar-refractivity contribution >= 4 is 5.91 Å². The average Bonchev–Trinajstić information content (AvgIpc) is 2.53. The lowest BCUT2D eigenvalue weighted by molar-refractivity contribution is 0.0945. The predicted molar refractivity (Wildman–Crippen MR) is 76.5 cm³/mol. The van der Waals surface area contributed by atoms with Gasteiger partial charge >= 0.3 is 0 Å². The number of hydrogen-bond donors (Lipinski definition) is 1. The minimum atomic E-state index is -0.152. The fourth-order valence-electron chi connectivity index (χ4n) is 2.79. The van der Waals surface area contributed by atoms with Gasteiger partial charge in [-0.2, -0.15) is 0 Å². The van der Waals surface area contributed by atoms with Gasteiger partial charge in [-0.3, -0.25) is 9.78 Å². The highest BCUT2D eigenvalue weighted by atomic mass is 16.1. The van der Waals surface area contributed by atoms with E-state index in [2.05, 4.69) is 39.6 Å². The van der Waals surface area contributed by atoms with E-state index in [0.717, 1.165) is 12.8 Å². The van der Waals surface area contributed by atoms with Gasteiger partial charge in [0.05, 0.1) is 6.20 Å². The van der Waals surface area contributed by atoms with Gasteiger partial charge in [0.25, 0.3) is 5.91 Å². The zero-order valence-corrected chi connectivity index (χ0v) is 11.2. The molecule has 0 bridgehead atoms. The molecule has 0 radical (unpaired) electrons. The van der Waals surface area contributed by atoms with Crippen molar-refractivity contribution in [3.63, 3.8) is 0 Å². The number of fused-ring (bicyclic) bond motifs is 1. The molecule has 1 aromatic carbocycles. The van der Waals surface area contributed by atoms with E-state index in [0.29, 0.717) is 18.2 Å². The molecule has 102 valence electrons. The van der Waals surface area contributed by atoms with Gasteiger partial charge in [0.15, 0.2) is 0 Å². The number of amides is 1. The maximum absolute atomic E-state index is 12.0. The van der Waals surface area contributed by atoms with E-state index in [1.54, 1.807) is 6.20 Å². The second-order valence-electron chi connectivity index (χ2n) is 5.09. The zero-order chi connectivity index (χ0) is 13.8. The van der Waals surface area contributed by atoms with E-state index in [1.807, 2.05) is 0 Å². The number of benzene rings is 1. The molecule has 2 aromatic rings. The summed E-state index contributed by atoms with van der Waals surface area (Å²) in [6.45, 7) is 0.659. The second-order valence-corrected chi connectivity index (χ2v) is 5.09. The molecule has 0 saturated carbocycles. The second kappa shape index (κ2) is 5.82. The predicted octanol–water partition coefficient (Wildman–Crippen LogP) is 2.33. The Bertz CT molecular complexity index is 598. The Morgan fingerprint density at radius 2 is 2.20 bits per heavy atom. The number of rotatable bonds is 3. The van der Waals surface area contributed by atoms with Crippen molar-refractivity contribution in [2.24, 2.45) is 0 Å². The van der Waals surface area contributed by atoms with Crippen LogP contribution in [-0.4, -0.2) is 22.4 Å². The summed E-state index contributed by atoms with van der Waals surface area (Å²) >= 11 is 0. The summed E-state index contributed by atoms with van der Waals surface area (Å²) in [6, 6.07) is 8.51. The molecule has 0 spiro atoms. The third-order valence-electron chi connectivity index (χ3n) is 3.80. The van der Waals surface area contributed by atoms with Crippen molar-refractivity contribution in [1.82, 2.24) is 15.3 Å². The highest BCUT2D eigenvalue weighted by Crippen LogP contribution is 2.30. The van der Waals surface area contributed by atoms with Gasteiger partial charge < -0.3 is 5.32 Å². The van der Waals surface area contributed by atoms with Gasteiger partial charge in [-0.15, -0.1) is 0 Å². The highest BCUT2D eigenvalue weighted by molar-refractivity contribution is 5.91. The fraction of sp³-hybridized carbons (Fsp3) is 0.312. The highest BCUT2D eigenvalue weighted by Gasteiger charge is 2.20. The fourth-order valence-corrected chi connectivity index (χ4v) is 2.79. The molecule has 1 atom stereocenters. The zero-order valence-electron chi connectivity index (χ0n) is 11.2. The smallest absolute Gasteiger partial charge is 0.271 e. The molecule has 20 heavy (non-hydrogen) atoms. The summed E-state index contributed by atoms with van der Waals surface area (Å²) in [4.78, 5) is 19.9. The number of nitrogens with one attached hydrogen (secondary N) is 1. The minimum Gasteiger partial charge on any atom is -0.350 e. The maximum Gasteiger partial charge on any atom is 0.271 e. The molecule has 1 unspecified atom stereocenters. The van der Waals surface area contributed by atoms with Crippen LogP contribution in [0.4, 0.5) is 0 Å². The SMILES string of the molecule is O=C(NCC1CCCc2ccccc21)c1cnccn1. The first-order chi connectivity index (χ1) is 9.84. The molecular formula is C16H17N3O. The molecule has 0 aliphatic heterocycles. The first-order valence-electron chi connectivity index (χ1n) is 6.96. The number of aryl methyl sites for hydroxylation is 1. The number of carbonyl (C=O) groups excluding carboxylic acids is 1. The van der Waals surface area contributed by atoms with Gasteiger partial charge in [0.1, 0.15) is 5.69 Å². The summed E-state index contributed by atoms with van der Waals surface area (Å²) in [5.41, 5.74) is 3.16. The first kappa shape index (κ1) is 12.8. The summed E-state index contributed by atoms with van der Waals surface area (Å²) in [6.07, 6.45) is 8.04. The van der Waals surface area contributed by atoms with Gasteiger partial charge in [0, 0.05) is 24.9 Å². The molecular weight excluding hydrogens is 250 g/mol. The molecule has 3 rings (SSSR count). The van der Waals surface area contributed by atoms with Crippen molar-refractivity contribution in [3.8, 4) is 0 Å². The number of aromatic nitrogens is 2. The number of carbonyl (C=O) groups is 1. The average molecular weight is 267 g/mol. The third-order valence-corrected chi connectivity index (χ3v) is 3.80. The van der Waals surface area contributed by atoms with Crippen molar-refractivity contribution in [1.29, 1.82) is 0 Å². The Kier molecular flexibility index (Phi) is 3.72. The Balaban J connectivity index is 1.67. The largest absolute Gasteiger partial charge is 0.350 e. The summed E-state index contributed by atoms with van der Waals surface area (Å²) in [5, 5.41) is 2.97. The minimum absolute atomic E-state index is 0.152. The first-order valence-corrected chi connectivity index (χ1v) is 6.96. The third kappa shape index (κ3) is 2.69. The molecule has 1 aliphatic carbocycles. The van der Waals surface area contributed by atoms with Crippen LogP contribution in [0.1, 0.15) is 40.4 Å². The molecule has 1 heterocycles. The lowest BCUT2D eigenvalue weighted by Crippen LogP contribution is -2.30. The Labute approximate surface area is 118 Å². The summed E-state index contributed by atoms with van der Waals surface area (Å²) in [5.74, 6) is 0.252. The van der Waals surface area contributed by atoms with Gasteiger partial charge in [-0.1, -0.05) is 24.3 Å². The normalized spacial score (nSPS) is 17.3. The van der Waals surface area contributed by atoms with E-state index >= 15 is 0 Å². The molecule has 0 saturated heterocycles. The van der Waals surface area contributed by atoms with Gasteiger partial charge in [-0.25, -0.2) is 4.98 Å². The van der Waals surface area contributed by atoms with Gasteiger partial charge in [-0.05, 0) is 30.4 Å². The summed E-state index contributed by atoms with van der Waals surface area (Å²) < 4.78 is 0. The topological polar surface area (TPSA) is 54.9 Å². The summed E-state index contributed by atoms with van der Waals surface area (Å²) in [7, 11) is 0. The van der Waals surface area contributed by atoms with Crippen LogP contribution in [0.2, 0.25) is 0 Å². The lowest BCUT2D eigenvalue weighted by atomic mass is 9.83. The van der Waals surface area contributed by atoms with E-state index in [1.165, 1.54) is 29.9 Å². The van der Waals surface area contributed by atoms with Crippen LogP contribution in [0.3, 0.4) is 0 Å². The van der Waals surface area contributed by atoms with Crippen molar-refractivity contribution < 1.29 is 4.79 Å². The van der Waals surface area contributed by atoms with E-state index in [9.17, 15) is 4.79 Å². The van der Waals surface area contributed by atoms with Crippen molar-refractivity contribution in [2.75, 3.05) is 6.54 Å². The van der Waals surface area contributed by atoms with Crippen LogP contribution in [0, 0.1) is 0 Å². The molecule has 1 aromatic heterocycles. The molecule has 4 heteroatoms. The Morgan fingerprint density at radius 1 is 1.30 bits per heavy atom. The molecule has 1 amide bonds. The van der Waals surface area contributed by atoms with E-state index in [4.69, 9.17) is 0 Å². The molecule has 0 fully saturated rings. The number of hydrogen-bond acceptors (Lipinski definition) is 3. The van der Waals surface area contributed by atoms with Crippen molar-refractivity contribution in [2.45, 2.75) is 25.2 Å². The molecule has 1 N–H and O–H groups in total. The van der Waals surface area contributed by atoms with Gasteiger partial charge in [0.2, 0.25) is 0 Å². The monoisotopic (exact) mass is 267 g/mol. The van der Waals surface area contributed by atoms with Crippen LogP contribution in [0.5, 0.6) is 0 Å².